The summed E-state index contributed by atoms with van der Waals surface area (Å²) >= 11 is 0. The van der Waals surface area contributed by atoms with Gasteiger partial charge >= 0.3 is 0 Å². The van der Waals surface area contributed by atoms with Gasteiger partial charge in [0.15, 0.2) is 0 Å². The number of rotatable bonds is 3. The number of amides is 1. The number of anilines is 2. The van der Waals surface area contributed by atoms with Crippen LogP contribution >= 0.6 is 0 Å². The van der Waals surface area contributed by atoms with E-state index in [4.69, 9.17) is 10.5 Å². The minimum absolute atomic E-state index is 0.136. The second-order valence-electron chi connectivity index (χ2n) is 3.80. The van der Waals surface area contributed by atoms with Gasteiger partial charge in [0.05, 0.1) is 30.2 Å². The molecular formula is C13H13N3O3. The number of methoxy groups -OCH3 is 1. The van der Waals surface area contributed by atoms with Crippen molar-refractivity contribution in [2.75, 3.05) is 18.2 Å². The van der Waals surface area contributed by atoms with E-state index in [1.807, 2.05) is 0 Å². The number of hydrogen-bond acceptors (Lipinski definition) is 5. The summed E-state index contributed by atoms with van der Waals surface area (Å²) in [6.45, 7) is 0. The highest BCUT2D eigenvalue weighted by molar-refractivity contribution is 6.07. The minimum atomic E-state index is -0.460. The van der Waals surface area contributed by atoms with Gasteiger partial charge < -0.3 is 20.9 Å². The third-order valence-electron chi connectivity index (χ3n) is 2.55. The number of aromatic nitrogens is 1. The Kier molecular flexibility index (Phi) is 3.51. The smallest absolute Gasteiger partial charge is 0.259 e. The Morgan fingerprint density at radius 3 is 2.84 bits per heavy atom. The number of nitrogens with two attached hydrogens (primary N) is 1. The predicted molar refractivity (Wildman–Crippen MR) is 71.3 cm³/mol. The molecule has 1 amide bonds. The highest BCUT2D eigenvalue weighted by atomic mass is 16.5. The molecule has 0 aliphatic rings. The predicted octanol–water partition coefficient (Wildman–Crippen LogP) is 1.63. The molecule has 98 valence electrons. The Morgan fingerprint density at radius 2 is 2.21 bits per heavy atom. The molecule has 2 rings (SSSR count). The molecule has 6 heteroatoms. The number of nitrogen functional groups attached to an aromatic ring is 1. The van der Waals surface area contributed by atoms with Crippen molar-refractivity contribution < 1.29 is 14.6 Å². The maximum atomic E-state index is 12.0. The normalized spacial score (nSPS) is 9.95. The Labute approximate surface area is 109 Å². The van der Waals surface area contributed by atoms with Crippen LogP contribution in [-0.4, -0.2) is 23.1 Å². The molecule has 1 aromatic heterocycles. The summed E-state index contributed by atoms with van der Waals surface area (Å²) in [5.41, 5.74) is 6.60. The number of phenols is 1. The third kappa shape index (κ3) is 2.74. The summed E-state index contributed by atoms with van der Waals surface area (Å²) in [6.07, 6.45) is 2.95. The molecule has 0 unspecified atom stereocenters. The number of phenolic OH excluding ortho intramolecular Hbond substituents is 1. The molecule has 2 aromatic rings. The molecule has 6 nitrogen and oxygen atoms in total. The van der Waals surface area contributed by atoms with Crippen molar-refractivity contribution in [1.29, 1.82) is 0 Å². The van der Waals surface area contributed by atoms with Crippen LogP contribution in [0, 0.1) is 0 Å². The largest absolute Gasteiger partial charge is 0.507 e. The van der Waals surface area contributed by atoms with E-state index in [9.17, 15) is 9.90 Å². The summed E-state index contributed by atoms with van der Waals surface area (Å²) in [5, 5.41) is 12.4. The number of benzene rings is 1. The number of ether oxygens (including phenoxy) is 1. The molecule has 0 atom stereocenters. The van der Waals surface area contributed by atoms with Crippen molar-refractivity contribution in [3.63, 3.8) is 0 Å². The van der Waals surface area contributed by atoms with E-state index in [1.54, 1.807) is 12.1 Å². The van der Waals surface area contributed by atoms with Gasteiger partial charge in [0.25, 0.3) is 5.91 Å². The number of pyridine rings is 1. The Balaban J connectivity index is 2.23. The van der Waals surface area contributed by atoms with Crippen molar-refractivity contribution >= 4 is 17.3 Å². The highest BCUT2D eigenvalue weighted by Gasteiger charge is 2.13. The summed E-state index contributed by atoms with van der Waals surface area (Å²) in [7, 11) is 1.48. The van der Waals surface area contributed by atoms with Crippen LogP contribution in [0.2, 0.25) is 0 Å². The van der Waals surface area contributed by atoms with Crippen LogP contribution in [0.1, 0.15) is 10.4 Å². The first-order valence-electron chi connectivity index (χ1n) is 5.49. The first-order valence-corrected chi connectivity index (χ1v) is 5.49. The van der Waals surface area contributed by atoms with Gasteiger partial charge in [-0.15, -0.1) is 0 Å². The van der Waals surface area contributed by atoms with Crippen LogP contribution < -0.4 is 15.8 Å². The molecule has 0 fully saturated rings. The molecule has 4 N–H and O–H groups in total. The van der Waals surface area contributed by atoms with Crippen LogP contribution in [0.25, 0.3) is 0 Å². The standard InChI is InChI=1S/C13H13N3O3/c1-19-8-2-3-9(12(17)6-8)13(18)16-11-4-5-15-7-10(11)14/h2-7,17H,14H2,1H3,(H,15,16,18). The summed E-state index contributed by atoms with van der Waals surface area (Å²) in [5.74, 6) is -0.153. The quantitative estimate of drug-likeness (QED) is 0.778. The van der Waals surface area contributed by atoms with Crippen LogP contribution in [-0.2, 0) is 0 Å². The third-order valence-corrected chi connectivity index (χ3v) is 2.55. The molecule has 1 heterocycles. The zero-order valence-electron chi connectivity index (χ0n) is 10.3. The van der Waals surface area contributed by atoms with Gasteiger partial charge in [-0.2, -0.15) is 0 Å². The van der Waals surface area contributed by atoms with E-state index in [0.29, 0.717) is 17.1 Å². The lowest BCUT2D eigenvalue weighted by atomic mass is 10.1. The average molecular weight is 259 g/mol. The lowest BCUT2D eigenvalue weighted by Crippen LogP contribution is -2.13. The number of carbonyl (C=O) groups excluding carboxylic acids is 1. The highest BCUT2D eigenvalue weighted by Crippen LogP contribution is 2.25. The molecule has 0 saturated heterocycles. The first-order chi connectivity index (χ1) is 9.11. The first kappa shape index (κ1) is 12.7. The summed E-state index contributed by atoms with van der Waals surface area (Å²) < 4.78 is 4.95. The van der Waals surface area contributed by atoms with E-state index in [2.05, 4.69) is 10.3 Å². The van der Waals surface area contributed by atoms with Crippen molar-refractivity contribution in [3.05, 3.63) is 42.2 Å². The summed E-state index contributed by atoms with van der Waals surface area (Å²) in [4.78, 5) is 15.8. The second kappa shape index (κ2) is 5.26. The van der Waals surface area contributed by atoms with Crippen molar-refractivity contribution in [3.8, 4) is 11.5 Å². The molecule has 0 saturated carbocycles. The number of hydrogen-bond donors (Lipinski definition) is 3. The Morgan fingerprint density at radius 1 is 1.42 bits per heavy atom. The number of nitrogens with zero attached hydrogens (tertiary/aromatic N) is 1. The van der Waals surface area contributed by atoms with E-state index in [-0.39, 0.29) is 11.3 Å². The fourth-order valence-corrected chi connectivity index (χ4v) is 1.54. The van der Waals surface area contributed by atoms with Crippen LogP contribution in [0.15, 0.2) is 36.7 Å². The lowest BCUT2D eigenvalue weighted by Gasteiger charge is -2.09. The fourth-order valence-electron chi connectivity index (χ4n) is 1.54. The van der Waals surface area contributed by atoms with Gasteiger partial charge in [0.1, 0.15) is 11.5 Å². The van der Waals surface area contributed by atoms with Crippen LogP contribution in [0.3, 0.4) is 0 Å². The van der Waals surface area contributed by atoms with Gasteiger partial charge in [0.2, 0.25) is 0 Å². The van der Waals surface area contributed by atoms with Crippen LogP contribution in [0.4, 0.5) is 11.4 Å². The molecule has 0 radical (unpaired) electrons. The number of aromatic hydroxyl groups is 1. The molecule has 0 aliphatic heterocycles. The van der Waals surface area contributed by atoms with E-state index >= 15 is 0 Å². The number of nitrogens with one attached hydrogen (secondary N) is 1. The molecule has 0 bridgehead atoms. The summed E-state index contributed by atoms with van der Waals surface area (Å²) in [6, 6.07) is 6.00. The van der Waals surface area contributed by atoms with Gasteiger partial charge in [-0.25, -0.2) is 0 Å². The van der Waals surface area contributed by atoms with E-state index in [0.717, 1.165) is 0 Å². The molecule has 0 spiro atoms. The topological polar surface area (TPSA) is 97.5 Å². The number of carbonyl (C=O) groups is 1. The SMILES string of the molecule is COc1ccc(C(=O)Nc2ccncc2N)c(O)c1. The minimum Gasteiger partial charge on any atom is -0.507 e. The van der Waals surface area contributed by atoms with Gasteiger partial charge in [-0.3, -0.25) is 9.78 Å². The maximum absolute atomic E-state index is 12.0. The monoisotopic (exact) mass is 259 g/mol. The zero-order chi connectivity index (χ0) is 13.8. The Hall–Kier alpha value is -2.76. The molecular weight excluding hydrogens is 246 g/mol. The van der Waals surface area contributed by atoms with Crippen LogP contribution in [0.5, 0.6) is 11.5 Å². The van der Waals surface area contributed by atoms with Crippen molar-refractivity contribution in [1.82, 2.24) is 4.98 Å². The van der Waals surface area contributed by atoms with Crippen molar-refractivity contribution in [2.45, 2.75) is 0 Å². The van der Waals surface area contributed by atoms with Gasteiger partial charge in [-0.1, -0.05) is 0 Å². The lowest BCUT2D eigenvalue weighted by molar-refractivity contribution is 0.102. The van der Waals surface area contributed by atoms with Crippen molar-refractivity contribution in [2.24, 2.45) is 0 Å². The average Bonchev–Trinajstić information content (AvgIpc) is 2.41. The molecule has 19 heavy (non-hydrogen) atoms. The second-order valence-corrected chi connectivity index (χ2v) is 3.80. The van der Waals surface area contributed by atoms with E-state index < -0.39 is 5.91 Å². The Bertz CT molecular complexity index is 614. The maximum Gasteiger partial charge on any atom is 0.259 e. The van der Waals surface area contributed by atoms with Gasteiger partial charge in [-0.05, 0) is 18.2 Å². The molecule has 0 aliphatic carbocycles. The fraction of sp³-hybridized carbons (Fsp3) is 0.0769. The zero-order valence-corrected chi connectivity index (χ0v) is 10.3. The van der Waals surface area contributed by atoms with E-state index in [1.165, 1.54) is 31.6 Å². The molecule has 1 aromatic carbocycles. The van der Waals surface area contributed by atoms with Gasteiger partial charge in [0, 0.05) is 12.3 Å².